The zero-order valence-corrected chi connectivity index (χ0v) is 5.46. The van der Waals surface area contributed by atoms with E-state index in [9.17, 15) is 4.79 Å². The molecule has 0 aromatic carbocycles. The SMILES string of the molecule is CC(C)/C=N/NC(=O)O. The second kappa shape index (κ2) is 3.88. The van der Waals surface area contributed by atoms with Crippen LogP contribution in [0, 0.1) is 5.92 Å². The normalized spacial score (nSPS) is 10.6. The zero-order valence-electron chi connectivity index (χ0n) is 5.46. The third-order valence-corrected chi connectivity index (χ3v) is 0.533. The van der Waals surface area contributed by atoms with Crippen molar-refractivity contribution in [3.63, 3.8) is 0 Å². The predicted molar refractivity (Wildman–Crippen MR) is 34.5 cm³/mol. The third-order valence-electron chi connectivity index (χ3n) is 0.533. The summed E-state index contributed by atoms with van der Waals surface area (Å²) in [5, 5.41) is 11.4. The van der Waals surface area contributed by atoms with Crippen LogP contribution in [-0.2, 0) is 0 Å². The van der Waals surface area contributed by atoms with Crippen LogP contribution in [0.3, 0.4) is 0 Å². The van der Waals surface area contributed by atoms with Crippen LogP contribution in [-0.4, -0.2) is 17.4 Å². The summed E-state index contributed by atoms with van der Waals surface area (Å²) in [5.74, 6) is 0.275. The smallest absolute Gasteiger partial charge is 0.425 e. The first-order valence-corrected chi connectivity index (χ1v) is 2.65. The molecule has 0 saturated carbocycles. The average Bonchev–Trinajstić information content (AvgIpc) is 1.63. The van der Waals surface area contributed by atoms with Gasteiger partial charge in [0.05, 0.1) is 0 Å². The molecule has 52 valence electrons. The van der Waals surface area contributed by atoms with Crippen molar-refractivity contribution in [3.8, 4) is 0 Å². The fourth-order valence-electron chi connectivity index (χ4n) is 0.242. The fourth-order valence-corrected chi connectivity index (χ4v) is 0.242. The Balaban J connectivity index is 3.36. The molecule has 0 atom stereocenters. The number of carbonyl (C=O) groups is 1. The minimum absolute atomic E-state index is 0.275. The van der Waals surface area contributed by atoms with E-state index < -0.39 is 6.09 Å². The molecule has 0 heterocycles. The average molecular weight is 130 g/mol. The maximum Gasteiger partial charge on any atom is 0.425 e. The van der Waals surface area contributed by atoms with E-state index in [1.54, 1.807) is 0 Å². The molecule has 1 amide bonds. The third kappa shape index (κ3) is 6.94. The first kappa shape index (κ1) is 7.94. The highest BCUT2D eigenvalue weighted by Gasteiger charge is 1.87. The molecule has 0 bridgehead atoms. The number of nitrogens with one attached hydrogen (secondary N) is 1. The summed E-state index contributed by atoms with van der Waals surface area (Å²) in [5.41, 5.74) is 1.86. The largest absolute Gasteiger partial charge is 0.464 e. The van der Waals surface area contributed by atoms with Crippen molar-refractivity contribution in [2.45, 2.75) is 13.8 Å². The molecule has 4 heteroatoms. The fraction of sp³-hybridized carbons (Fsp3) is 0.600. The molecule has 0 saturated heterocycles. The van der Waals surface area contributed by atoms with Crippen LogP contribution in [0.25, 0.3) is 0 Å². The van der Waals surface area contributed by atoms with E-state index in [1.165, 1.54) is 6.21 Å². The molecule has 9 heavy (non-hydrogen) atoms. The standard InChI is InChI=1S/C5H10N2O2/c1-4(2)3-6-7-5(8)9/h3-4,7H,1-2H3,(H,8,9)/b6-3+. The van der Waals surface area contributed by atoms with Crippen LogP contribution in [0.1, 0.15) is 13.8 Å². The Morgan fingerprint density at radius 3 is 2.67 bits per heavy atom. The highest BCUT2D eigenvalue weighted by Crippen LogP contribution is 1.82. The Bertz CT molecular complexity index is 120. The molecular formula is C5H10N2O2. The minimum atomic E-state index is -1.13. The summed E-state index contributed by atoms with van der Waals surface area (Å²) in [7, 11) is 0. The van der Waals surface area contributed by atoms with Crippen molar-refractivity contribution in [1.29, 1.82) is 0 Å². The maximum atomic E-state index is 9.76. The van der Waals surface area contributed by atoms with Gasteiger partial charge >= 0.3 is 6.09 Å². The van der Waals surface area contributed by atoms with Gasteiger partial charge in [-0.1, -0.05) is 13.8 Å². The van der Waals surface area contributed by atoms with Gasteiger partial charge in [-0.3, -0.25) is 0 Å². The van der Waals surface area contributed by atoms with Gasteiger partial charge in [0.25, 0.3) is 0 Å². The molecule has 2 N–H and O–H groups in total. The van der Waals surface area contributed by atoms with E-state index in [4.69, 9.17) is 5.11 Å². The molecule has 0 aromatic rings. The van der Waals surface area contributed by atoms with Gasteiger partial charge in [0.15, 0.2) is 0 Å². The number of rotatable bonds is 2. The number of hydrogen-bond acceptors (Lipinski definition) is 2. The summed E-state index contributed by atoms with van der Waals surface area (Å²) >= 11 is 0. The number of carboxylic acid groups (broad SMARTS) is 1. The summed E-state index contributed by atoms with van der Waals surface area (Å²) in [6.07, 6.45) is 0.389. The topological polar surface area (TPSA) is 61.7 Å². The predicted octanol–water partition coefficient (Wildman–Crippen LogP) is 0.896. The molecule has 0 aliphatic carbocycles. The van der Waals surface area contributed by atoms with Gasteiger partial charge in [0.2, 0.25) is 0 Å². The first-order chi connectivity index (χ1) is 4.13. The Morgan fingerprint density at radius 1 is 1.78 bits per heavy atom. The van der Waals surface area contributed by atoms with Crippen LogP contribution in [0.4, 0.5) is 4.79 Å². The lowest BCUT2D eigenvalue weighted by molar-refractivity contribution is 0.195. The van der Waals surface area contributed by atoms with Gasteiger partial charge in [0, 0.05) is 6.21 Å². The second-order valence-electron chi connectivity index (χ2n) is 1.94. The van der Waals surface area contributed by atoms with Crippen LogP contribution in [0.5, 0.6) is 0 Å². The van der Waals surface area contributed by atoms with Crippen molar-refractivity contribution < 1.29 is 9.90 Å². The second-order valence-corrected chi connectivity index (χ2v) is 1.94. The van der Waals surface area contributed by atoms with E-state index in [2.05, 4.69) is 5.10 Å². The first-order valence-electron chi connectivity index (χ1n) is 2.65. The lowest BCUT2D eigenvalue weighted by Crippen LogP contribution is -2.14. The molecule has 0 rings (SSSR count). The van der Waals surface area contributed by atoms with Crippen LogP contribution in [0.15, 0.2) is 5.10 Å². The monoisotopic (exact) mass is 130 g/mol. The molecule has 4 nitrogen and oxygen atoms in total. The molecular weight excluding hydrogens is 120 g/mol. The Kier molecular flexibility index (Phi) is 3.43. The van der Waals surface area contributed by atoms with Crippen molar-refractivity contribution in [2.75, 3.05) is 0 Å². The van der Waals surface area contributed by atoms with Crippen molar-refractivity contribution in [1.82, 2.24) is 5.43 Å². The van der Waals surface area contributed by atoms with E-state index in [-0.39, 0.29) is 5.92 Å². The van der Waals surface area contributed by atoms with Gasteiger partial charge in [-0.05, 0) is 5.92 Å². The van der Waals surface area contributed by atoms with Gasteiger partial charge in [-0.15, -0.1) is 0 Å². The van der Waals surface area contributed by atoms with E-state index in [1.807, 2.05) is 19.3 Å². The lowest BCUT2D eigenvalue weighted by Gasteiger charge is -1.91. The summed E-state index contributed by atoms with van der Waals surface area (Å²) in [6.45, 7) is 3.82. The Labute approximate surface area is 53.6 Å². The van der Waals surface area contributed by atoms with Gasteiger partial charge in [-0.25, -0.2) is 10.2 Å². The zero-order chi connectivity index (χ0) is 7.28. The summed E-state index contributed by atoms with van der Waals surface area (Å²) in [4.78, 5) is 9.76. The van der Waals surface area contributed by atoms with Crippen molar-refractivity contribution >= 4 is 12.3 Å². The molecule has 0 unspecified atom stereocenters. The molecule has 0 radical (unpaired) electrons. The quantitative estimate of drug-likeness (QED) is 0.431. The van der Waals surface area contributed by atoms with Gasteiger partial charge < -0.3 is 5.11 Å². The van der Waals surface area contributed by atoms with Crippen molar-refractivity contribution in [3.05, 3.63) is 0 Å². The Morgan fingerprint density at radius 2 is 2.33 bits per heavy atom. The molecule has 0 fully saturated rings. The number of hydrogen-bond donors (Lipinski definition) is 2. The highest BCUT2D eigenvalue weighted by molar-refractivity contribution is 5.67. The summed E-state index contributed by atoms with van der Waals surface area (Å²) < 4.78 is 0. The van der Waals surface area contributed by atoms with E-state index >= 15 is 0 Å². The Hall–Kier alpha value is -1.06. The maximum absolute atomic E-state index is 9.76. The number of amides is 1. The summed E-state index contributed by atoms with van der Waals surface area (Å²) in [6, 6.07) is 0. The molecule has 0 spiro atoms. The number of hydrazone groups is 1. The molecule has 0 aromatic heterocycles. The van der Waals surface area contributed by atoms with Crippen LogP contribution in [0.2, 0.25) is 0 Å². The van der Waals surface area contributed by atoms with E-state index in [0.717, 1.165) is 0 Å². The molecule has 0 aliphatic rings. The lowest BCUT2D eigenvalue weighted by atomic mass is 10.3. The van der Waals surface area contributed by atoms with Crippen LogP contribution >= 0.6 is 0 Å². The number of nitrogens with zero attached hydrogens (tertiary/aromatic N) is 1. The van der Waals surface area contributed by atoms with Crippen LogP contribution < -0.4 is 5.43 Å². The molecule has 0 aliphatic heterocycles. The van der Waals surface area contributed by atoms with Crippen molar-refractivity contribution in [2.24, 2.45) is 11.0 Å². The minimum Gasteiger partial charge on any atom is -0.464 e. The highest BCUT2D eigenvalue weighted by atomic mass is 16.4. The van der Waals surface area contributed by atoms with E-state index in [0.29, 0.717) is 0 Å². The van der Waals surface area contributed by atoms with Gasteiger partial charge in [0.1, 0.15) is 0 Å². The van der Waals surface area contributed by atoms with Gasteiger partial charge in [-0.2, -0.15) is 5.10 Å².